The van der Waals surface area contributed by atoms with E-state index < -0.39 is 0 Å². The molecule has 16 heavy (non-hydrogen) atoms. The van der Waals surface area contributed by atoms with E-state index in [0.717, 1.165) is 18.0 Å². The van der Waals surface area contributed by atoms with Crippen LogP contribution in [0.15, 0.2) is 0 Å². The molecule has 3 aliphatic rings. The van der Waals surface area contributed by atoms with Gasteiger partial charge in [0.25, 0.3) is 0 Å². The van der Waals surface area contributed by atoms with Gasteiger partial charge in [-0.15, -0.1) is 0 Å². The number of rotatable bonds is 2. The van der Waals surface area contributed by atoms with Gasteiger partial charge >= 0.3 is 0 Å². The minimum Gasteiger partial charge on any atom is -0.328 e. The average Bonchev–Trinajstić information content (AvgIpc) is 2.96. The molecule has 1 saturated heterocycles. The van der Waals surface area contributed by atoms with E-state index in [1.54, 1.807) is 0 Å². The molecule has 2 N–H and O–H groups in total. The molecule has 3 atom stereocenters. The molecule has 0 spiro atoms. The first-order valence-electron chi connectivity index (χ1n) is 7.36. The van der Waals surface area contributed by atoms with E-state index in [9.17, 15) is 0 Å². The molecule has 2 aliphatic carbocycles. The third-order valence-electron chi connectivity index (χ3n) is 5.20. The summed E-state index contributed by atoms with van der Waals surface area (Å²) in [6, 6.07) is 2.26. The Labute approximate surface area is 99.6 Å². The highest BCUT2D eigenvalue weighted by atomic mass is 15.2. The molecule has 0 aromatic heterocycles. The summed E-state index contributed by atoms with van der Waals surface area (Å²) in [7, 11) is 0. The van der Waals surface area contributed by atoms with E-state index in [1.165, 1.54) is 64.3 Å². The molecule has 0 bridgehead atoms. The smallest absolute Gasteiger partial charge is 0.0127 e. The van der Waals surface area contributed by atoms with Gasteiger partial charge in [0.1, 0.15) is 0 Å². The highest BCUT2D eigenvalue weighted by Crippen LogP contribution is 2.38. The van der Waals surface area contributed by atoms with E-state index in [1.807, 2.05) is 0 Å². The number of nitrogens with two attached hydrogens (primary N) is 1. The summed E-state index contributed by atoms with van der Waals surface area (Å²) < 4.78 is 0. The molecule has 2 heteroatoms. The molecule has 1 aliphatic heterocycles. The molecule has 3 rings (SSSR count). The van der Waals surface area contributed by atoms with Crippen molar-refractivity contribution in [2.45, 2.75) is 75.9 Å². The second-order valence-corrected chi connectivity index (χ2v) is 6.22. The van der Waals surface area contributed by atoms with E-state index in [-0.39, 0.29) is 0 Å². The van der Waals surface area contributed by atoms with Gasteiger partial charge in [-0.1, -0.05) is 12.8 Å². The summed E-state index contributed by atoms with van der Waals surface area (Å²) in [6.45, 7) is 1.36. The summed E-state index contributed by atoms with van der Waals surface area (Å²) in [5.74, 6) is 1.03. The van der Waals surface area contributed by atoms with Crippen molar-refractivity contribution in [2.75, 3.05) is 6.54 Å². The van der Waals surface area contributed by atoms with Crippen LogP contribution in [0.4, 0.5) is 0 Å². The van der Waals surface area contributed by atoms with Gasteiger partial charge in [0, 0.05) is 18.1 Å². The Morgan fingerprint density at radius 2 is 1.69 bits per heavy atom. The zero-order valence-electron chi connectivity index (χ0n) is 10.4. The lowest BCUT2D eigenvalue weighted by molar-refractivity contribution is 0.136. The van der Waals surface area contributed by atoms with Crippen LogP contribution in [0.3, 0.4) is 0 Å². The van der Waals surface area contributed by atoms with Gasteiger partial charge in [0.15, 0.2) is 0 Å². The quantitative estimate of drug-likeness (QED) is 0.778. The third-order valence-corrected chi connectivity index (χ3v) is 5.20. The largest absolute Gasteiger partial charge is 0.328 e. The van der Waals surface area contributed by atoms with Gasteiger partial charge in [0.05, 0.1) is 0 Å². The average molecular weight is 222 g/mol. The zero-order chi connectivity index (χ0) is 11.0. The van der Waals surface area contributed by atoms with Gasteiger partial charge in [-0.05, 0) is 57.4 Å². The lowest BCUT2D eigenvalue weighted by Crippen LogP contribution is -2.41. The molecule has 0 radical (unpaired) electrons. The fourth-order valence-corrected chi connectivity index (χ4v) is 4.41. The highest BCUT2D eigenvalue weighted by Gasteiger charge is 2.38. The van der Waals surface area contributed by atoms with Crippen LogP contribution in [-0.2, 0) is 0 Å². The van der Waals surface area contributed by atoms with Gasteiger partial charge in [-0.2, -0.15) is 0 Å². The van der Waals surface area contributed by atoms with Crippen molar-refractivity contribution in [3.63, 3.8) is 0 Å². The second kappa shape index (κ2) is 4.66. The SMILES string of the molecule is NC1CCC(N2CCCC2C2CCCC2)C1. The van der Waals surface area contributed by atoms with E-state index in [2.05, 4.69) is 4.90 Å². The van der Waals surface area contributed by atoms with Gasteiger partial charge < -0.3 is 5.73 Å². The molecule has 0 aromatic rings. The van der Waals surface area contributed by atoms with Crippen LogP contribution in [0.5, 0.6) is 0 Å². The number of hydrogen-bond donors (Lipinski definition) is 1. The Bertz CT molecular complexity index is 235. The summed E-state index contributed by atoms with van der Waals surface area (Å²) in [4.78, 5) is 2.85. The summed E-state index contributed by atoms with van der Waals surface area (Å²) in [5.41, 5.74) is 6.06. The van der Waals surface area contributed by atoms with Crippen LogP contribution < -0.4 is 5.73 Å². The van der Waals surface area contributed by atoms with Crippen molar-refractivity contribution in [2.24, 2.45) is 11.7 Å². The van der Waals surface area contributed by atoms with Crippen LogP contribution >= 0.6 is 0 Å². The van der Waals surface area contributed by atoms with Crippen molar-refractivity contribution >= 4 is 0 Å². The molecule has 1 heterocycles. The van der Waals surface area contributed by atoms with Crippen LogP contribution in [-0.4, -0.2) is 29.6 Å². The second-order valence-electron chi connectivity index (χ2n) is 6.22. The fourth-order valence-electron chi connectivity index (χ4n) is 4.41. The maximum absolute atomic E-state index is 6.06. The standard InChI is InChI=1S/C14H26N2/c15-12-7-8-13(10-12)16-9-3-6-14(16)11-4-1-2-5-11/h11-14H,1-10,15H2. The minimum absolute atomic E-state index is 0.495. The Balaban J connectivity index is 1.64. The lowest BCUT2D eigenvalue weighted by Gasteiger charge is -2.34. The first-order chi connectivity index (χ1) is 7.84. The highest BCUT2D eigenvalue weighted by molar-refractivity contribution is 4.94. The molecular weight excluding hydrogens is 196 g/mol. The first kappa shape index (κ1) is 11.0. The molecule has 2 saturated carbocycles. The van der Waals surface area contributed by atoms with Crippen molar-refractivity contribution < 1.29 is 0 Å². The Hall–Kier alpha value is -0.0800. The molecular formula is C14H26N2. The number of hydrogen-bond acceptors (Lipinski definition) is 2. The van der Waals surface area contributed by atoms with Gasteiger partial charge in [-0.25, -0.2) is 0 Å². The van der Waals surface area contributed by atoms with E-state index >= 15 is 0 Å². The first-order valence-corrected chi connectivity index (χ1v) is 7.36. The Morgan fingerprint density at radius 1 is 0.875 bits per heavy atom. The van der Waals surface area contributed by atoms with Gasteiger partial charge in [0.2, 0.25) is 0 Å². The van der Waals surface area contributed by atoms with Crippen LogP contribution in [0.25, 0.3) is 0 Å². The summed E-state index contributed by atoms with van der Waals surface area (Å²) >= 11 is 0. The molecule has 3 fully saturated rings. The molecule has 0 amide bonds. The predicted molar refractivity (Wildman–Crippen MR) is 67.3 cm³/mol. The summed E-state index contributed by atoms with van der Waals surface area (Å²) in [6.07, 6.45) is 12.8. The third kappa shape index (κ3) is 2.02. The summed E-state index contributed by atoms with van der Waals surface area (Å²) in [5, 5.41) is 0. The van der Waals surface area contributed by atoms with Crippen molar-refractivity contribution in [1.82, 2.24) is 4.90 Å². The number of nitrogens with zero attached hydrogens (tertiary/aromatic N) is 1. The maximum atomic E-state index is 6.06. The fraction of sp³-hybridized carbons (Fsp3) is 1.00. The Morgan fingerprint density at radius 3 is 2.38 bits per heavy atom. The number of likely N-dealkylation sites (tertiary alicyclic amines) is 1. The zero-order valence-corrected chi connectivity index (χ0v) is 10.4. The maximum Gasteiger partial charge on any atom is 0.0127 e. The topological polar surface area (TPSA) is 29.3 Å². The monoisotopic (exact) mass is 222 g/mol. The Kier molecular flexibility index (Phi) is 3.21. The van der Waals surface area contributed by atoms with Crippen LogP contribution in [0.1, 0.15) is 57.8 Å². The molecule has 2 nitrogen and oxygen atoms in total. The van der Waals surface area contributed by atoms with E-state index in [0.29, 0.717) is 6.04 Å². The van der Waals surface area contributed by atoms with Crippen molar-refractivity contribution in [3.8, 4) is 0 Å². The van der Waals surface area contributed by atoms with Crippen LogP contribution in [0.2, 0.25) is 0 Å². The molecule has 3 unspecified atom stereocenters. The van der Waals surface area contributed by atoms with Crippen molar-refractivity contribution in [1.29, 1.82) is 0 Å². The van der Waals surface area contributed by atoms with E-state index in [4.69, 9.17) is 5.73 Å². The molecule has 92 valence electrons. The molecule has 0 aromatic carbocycles. The minimum atomic E-state index is 0.495. The lowest BCUT2D eigenvalue weighted by atomic mass is 9.95. The predicted octanol–water partition coefficient (Wildman–Crippen LogP) is 2.52. The van der Waals surface area contributed by atoms with Crippen LogP contribution in [0, 0.1) is 5.92 Å². The van der Waals surface area contributed by atoms with Gasteiger partial charge in [-0.3, -0.25) is 4.90 Å². The van der Waals surface area contributed by atoms with Crippen molar-refractivity contribution in [3.05, 3.63) is 0 Å². The normalized spacial score (nSPS) is 42.2.